The molecule has 0 aromatic heterocycles. The summed E-state index contributed by atoms with van der Waals surface area (Å²) < 4.78 is 1.12. The van der Waals surface area contributed by atoms with Crippen LogP contribution in [0.3, 0.4) is 0 Å². The molecule has 0 saturated carbocycles. The molecule has 0 bridgehead atoms. The number of carbonyl (C=O) groups is 1. The Balaban J connectivity index is 2.29. The van der Waals surface area contributed by atoms with Crippen molar-refractivity contribution >= 4 is 33.7 Å². The molecule has 1 aromatic rings. The molecular weight excluding hydrogens is 326 g/mol. The summed E-state index contributed by atoms with van der Waals surface area (Å²) in [4.78, 5) is 12.3. The molecule has 106 valence electrons. The number of rotatable bonds is 8. The van der Waals surface area contributed by atoms with E-state index >= 15 is 0 Å². The summed E-state index contributed by atoms with van der Waals surface area (Å²) in [6.45, 7) is 1.73. The zero-order valence-corrected chi connectivity index (χ0v) is 13.7. The zero-order valence-electron chi connectivity index (χ0n) is 11.3. The van der Waals surface area contributed by atoms with Crippen LogP contribution in [0.15, 0.2) is 33.6 Å². The number of carboxylic acid groups (broad SMARTS) is 1. The molecule has 5 heteroatoms. The van der Waals surface area contributed by atoms with Gasteiger partial charge in [0.2, 0.25) is 0 Å². The highest BCUT2D eigenvalue weighted by atomic mass is 79.9. The summed E-state index contributed by atoms with van der Waals surface area (Å²) in [6.07, 6.45) is 2.56. The molecule has 19 heavy (non-hydrogen) atoms. The summed E-state index contributed by atoms with van der Waals surface area (Å²) in [5.74, 6) is 0.218. The first-order valence-corrected chi connectivity index (χ1v) is 8.07. The van der Waals surface area contributed by atoms with E-state index < -0.39 is 11.5 Å². The quantitative estimate of drug-likeness (QED) is 0.556. The second-order valence-electron chi connectivity index (χ2n) is 4.62. The Bertz CT molecular complexity index is 428. The number of halogens is 1. The third-order valence-electron chi connectivity index (χ3n) is 3.19. The van der Waals surface area contributed by atoms with Crippen LogP contribution in [-0.2, 0) is 4.79 Å². The Kier molecular flexibility index (Phi) is 6.89. The van der Waals surface area contributed by atoms with Gasteiger partial charge in [-0.2, -0.15) is 0 Å². The van der Waals surface area contributed by atoms with Gasteiger partial charge in [-0.15, -0.1) is 11.8 Å². The standard InChI is InChI=1S/C14H20BrNO2S/c1-14(16-2,13(17)18)9-5-6-10-19-12-8-4-3-7-11(12)15/h3-4,7-8,16H,5-6,9-10H2,1-2H3,(H,17,18). The van der Waals surface area contributed by atoms with E-state index in [1.807, 2.05) is 18.2 Å². The summed E-state index contributed by atoms with van der Waals surface area (Å²) in [6, 6.07) is 8.14. The van der Waals surface area contributed by atoms with E-state index in [1.165, 1.54) is 4.90 Å². The SMILES string of the molecule is CNC(C)(CCCCSc1ccccc1Br)C(=O)O. The van der Waals surface area contributed by atoms with Crippen molar-refractivity contribution in [2.75, 3.05) is 12.8 Å². The molecule has 0 heterocycles. The normalized spacial score (nSPS) is 14.1. The van der Waals surface area contributed by atoms with Gasteiger partial charge in [0, 0.05) is 9.37 Å². The van der Waals surface area contributed by atoms with Gasteiger partial charge in [0.1, 0.15) is 5.54 Å². The molecule has 0 radical (unpaired) electrons. The first-order chi connectivity index (χ1) is 8.99. The summed E-state index contributed by atoms with van der Waals surface area (Å²) in [7, 11) is 1.70. The average molecular weight is 346 g/mol. The molecule has 1 aromatic carbocycles. The highest BCUT2D eigenvalue weighted by Crippen LogP contribution is 2.28. The molecule has 0 spiro atoms. The van der Waals surface area contributed by atoms with Crippen molar-refractivity contribution in [1.29, 1.82) is 0 Å². The molecule has 1 atom stereocenters. The molecule has 0 aliphatic rings. The molecule has 0 aliphatic carbocycles. The Morgan fingerprint density at radius 3 is 2.68 bits per heavy atom. The van der Waals surface area contributed by atoms with E-state index in [1.54, 1.807) is 25.7 Å². The maximum Gasteiger partial charge on any atom is 0.323 e. The predicted molar refractivity (Wildman–Crippen MR) is 83.8 cm³/mol. The van der Waals surface area contributed by atoms with Crippen LogP contribution in [0.25, 0.3) is 0 Å². The Morgan fingerprint density at radius 1 is 1.42 bits per heavy atom. The molecule has 0 aliphatic heterocycles. The van der Waals surface area contributed by atoms with Crippen LogP contribution in [0.4, 0.5) is 0 Å². The number of hydrogen-bond acceptors (Lipinski definition) is 3. The van der Waals surface area contributed by atoms with Crippen LogP contribution in [0, 0.1) is 0 Å². The third kappa shape index (κ3) is 5.16. The Labute approximate surface area is 127 Å². The van der Waals surface area contributed by atoms with E-state index in [-0.39, 0.29) is 0 Å². The van der Waals surface area contributed by atoms with E-state index in [4.69, 9.17) is 5.11 Å². The van der Waals surface area contributed by atoms with E-state index in [0.717, 1.165) is 23.1 Å². The maximum atomic E-state index is 11.1. The second kappa shape index (κ2) is 7.92. The van der Waals surface area contributed by atoms with Gasteiger partial charge in [-0.05, 0) is 60.6 Å². The van der Waals surface area contributed by atoms with Crippen molar-refractivity contribution in [2.45, 2.75) is 36.6 Å². The summed E-state index contributed by atoms with van der Waals surface area (Å²) in [5, 5.41) is 12.0. The molecule has 0 amide bonds. The lowest BCUT2D eigenvalue weighted by molar-refractivity contribution is -0.144. The third-order valence-corrected chi connectivity index (χ3v) is 5.30. The molecule has 3 nitrogen and oxygen atoms in total. The largest absolute Gasteiger partial charge is 0.480 e. The number of benzene rings is 1. The Hall–Kier alpha value is -0.520. The molecule has 0 fully saturated rings. The number of aliphatic carboxylic acids is 1. The zero-order chi connectivity index (χ0) is 14.3. The van der Waals surface area contributed by atoms with Gasteiger partial charge in [0.05, 0.1) is 0 Å². The first-order valence-electron chi connectivity index (χ1n) is 6.29. The number of thioether (sulfide) groups is 1. The van der Waals surface area contributed by atoms with Crippen LogP contribution in [0.1, 0.15) is 26.2 Å². The Morgan fingerprint density at radius 2 is 2.11 bits per heavy atom. The maximum absolute atomic E-state index is 11.1. The smallest absolute Gasteiger partial charge is 0.323 e. The molecule has 2 N–H and O–H groups in total. The number of nitrogens with one attached hydrogen (secondary N) is 1. The number of unbranched alkanes of at least 4 members (excludes halogenated alkanes) is 1. The molecule has 0 saturated heterocycles. The number of carboxylic acids is 1. The fraction of sp³-hybridized carbons (Fsp3) is 0.500. The van der Waals surface area contributed by atoms with Crippen molar-refractivity contribution in [3.8, 4) is 0 Å². The summed E-state index contributed by atoms with van der Waals surface area (Å²) in [5.41, 5.74) is -0.808. The highest BCUT2D eigenvalue weighted by Gasteiger charge is 2.29. The van der Waals surface area contributed by atoms with Crippen LogP contribution in [0.2, 0.25) is 0 Å². The minimum Gasteiger partial charge on any atom is -0.480 e. The molecule has 1 unspecified atom stereocenters. The lowest BCUT2D eigenvalue weighted by Crippen LogP contribution is -2.47. The van der Waals surface area contributed by atoms with Gasteiger partial charge in [0.15, 0.2) is 0 Å². The molecule has 1 rings (SSSR count). The second-order valence-corrected chi connectivity index (χ2v) is 6.61. The first kappa shape index (κ1) is 16.5. The van der Waals surface area contributed by atoms with E-state index in [0.29, 0.717) is 6.42 Å². The van der Waals surface area contributed by atoms with Crippen LogP contribution in [-0.4, -0.2) is 29.4 Å². The van der Waals surface area contributed by atoms with Crippen molar-refractivity contribution in [3.63, 3.8) is 0 Å². The van der Waals surface area contributed by atoms with Gasteiger partial charge in [0.25, 0.3) is 0 Å². The van der Waals surface area contributed by atoms with Gasteiger partial charge < -0.3 is 10.4 Å². The fourth-order valence-electron chi connectivity index (χ4n) is 1.66. The van der Waals surface area contributed by atoms with Gasteiger partial charge >= 0.3 is 5.97 Å². The van der Waals surface area contributed by atoms with E-state index in [2.05, 4.69) is 27.3 Å². The van der Waals surface area contributed by atoms with Crippen molar-refractivity contribution in [2.24, 2.45) is 0 Å². The van der Waals surface area contributed by atoms with Crippen molar-refractivity contribution in [3.05, 3.63) is 28.7 Å². The lowest BCUT2D eigenvalue weighted by atomic mass is 9.95. The van der Waals surface area contributed by atoms with Crippen LogP contribution >= 0.6 is 27.7 Å². The topological polar surface area (TPSA) is 49.3 Å². The highest BCUT2D eigenvalue weighted by molar-refractivity contribution is 9.10. The monoisotopic (exact) mass is 345 g/mol. The van der Waals surface area contributed by atoms with Crippen LogP contribution in [0.5, 0.6) is 0 Å². The van der Waals surface area contributed by atoms with Gasteiger partial charge in [-0.25, -0.2) is 0 Å². The summed E-state index contributed by atoms with van der Waals surface area (Å²) >= 11 is 5.32. The minimum absolute atomic E-state index is 0.648. The minimum atomic E-state index is -0.808. The number of likely N-dealkylation sites (N-methyl/N-ethyl adjacent to an activating group) is 1. The van der Waals surface area contributed by atoms with Gasteiger partial charge in [-0.3, -0.25) is 4.79 Å². The van der Waals surface area contributed by atoms with Crippen molar-refractivity contribution in [1.82, 2.24) is 5.32 Å². The lowest BCUT2D eigenvalue weighted by Gasteiger charge is -2.23. The van der Waals surface area contributed by atoms with Gasteiger partial charge in [-0.1, -0.05) is 18.6 Å². The van der Waals surface area contributed by atoms with Crippen LogP contribution < -0.4 is 5.32 Å². The average Bonchev–Trinajstić information content (AvgIpc) is 2.39. The predicted octanol–water partition coefficient (Wildman–Crippen LogP) is 3.77. The fourth-order valence-corrected chi connectivity index (χ4v) is 3.24. The number of hydrogen-bond donors (Lipinski definition) is 2. The van der Waals surface area contributed by atoms with Crippen molar-refractivity contribution < 1.29 is 9.90 Å². The molecular formula is C14H20BrNO2S. The van der Waals surface area contributed by atoms with E-state index in [9.17, 15) is 4.79 Å².